The van der Waals surface area contributed by atoms with E-state index in [0.717, 1.165) is 54.4 Å². The van der Waals surface area contributed by atoms with E-state index in [0.29, 0.717) is 5.75 Å². The number of aromatic hydroxyl groups is 1. The van der Waals surface area contributed by atoms with Gasteiger partial charge in [-0.05, 0) is 42.8 Å². The van der Waals surface area contributed by atoms with Crippen molar-refractivity contribution in [3.63, 3.8) is 0 Å². The molecule has 1 aromatic carbocycles. The Bertz CT molecular complexity index is 990. The third-order valence-corrected chi connectivity index (χ3v) is 4.97. The predicted octanol–water partition coefficient (Wildman–Crippen LogP) is 3.59. The van der Waals surface area contributed by atoms with Crippen LogP contribution in [0, 0.1) is 6.92 Å². The molecule has 0 saturated carbocycles. The van der Waals surface area contributed by atoms with Crippen molar-refractivity contribution in [2.24, 2.45) is 0 Å². The van der Waals surface area contributed by atoms with Gasteiger partial charge in [-0.15, -0.1) is 0 Å². The Hall–Kier alpha value is -3.12. The summed E-state index contributed by atoms with van der Waals surface area (Å²) < 4.78 is 5.13. The van der Waals surface area contributed by atoms with Gasteiger partial charge in [-0.1, -0.05) is 6.07 Å². The zero-order chi connectivity index (χ0) is 19.5. The first-order valence-electron chi connectivity index (χ1n) is 9.36. The van der Waals surface area contributed by atoms with Gasteiger partial charge in [-0.2, -0.15) is 0 Å². The molecule has 2 aromatic heterocycles. The first-order chi connectivity index (χ1) is 13.6. The zero-order valence-corrected chi connectivity index (χ0v) is 16.1. The Morgan fingerprint density at radius 1 is 1.18 bits per heavy atom. The highest BCUT2D eigenvalue weighted by molar-refractivity contribution is 5.66. The zero-order valence-electron chi connectivity index (χ0n) is 16.1. The minimum absolute atomic E-state index is 0.173. The average Bonchev–Trinajstić information content (AvgIpc) is 2.89. The van der Waals surface area contributed by atoms with Crippen LogP contribution in [-0.4, -0.2) is 40.2 Å². The van der Waals surface area contributed by atoms with Crippen molar-refractivity contribution in [1.82, 2.24) is 14.9 Å². The molecule has 0 bridgehead atoms. The van der Waals surface area contributed by atoms with Crippen molar-refractivity contribution in [3.05, 3.63) is 65.6 Å². The molecule has 1 aliphatic rings. The normalized spacial score (nSPS) is 14.1. The van der Waals surface area contributed by atoms with Crippen LogP contribution in [0.4, 0.5) is 5.69 Å². The molecule has 0 unspecified atom stereocenters. The second-order valence-corrected chi connectivity index (χ2v) is 7.06. The number of ether oxygens (including phenoxy) is 1. The van der Waals surface area contributed by atoms with Gasteiger partial charge in [-0.25, -0.2) is 0 Å². The number of hydrogen-bond acceptors (Lipinski definition) is 6. The second kappa shape index (κ2) is 7.86. The third kappa shape index (κ3) is 3.92. The number of pyridine rings is 2. The van der Waals surface area contributed by atoms with Gasteiger partial charge in [0.25, 0.3) is 0 Å². The molecule has 28 heavy (non-hydrogen) atoms. The molecule has 4 rings (SSSR count). The molecule has 6 nitrogen and oxygen atoms in total. The van der Waals surface area contributed by atoms with Gasteiger partial charge < -0.3 is 15.2 Å². The summed E-state index contributed by atoms with van der Waals surface area (Å²) in [4.78, 5) is 11.3. The van der Waals surface area contributed by atoms with Crippen molar-refractivity contribution in [3.8, 4) is 22.8 Å². The van der Waals surface area contributed by atoms with E-state index in [2.05, 4.69) is 26.3 Å². The smallest absolute Gasteiger partial charge is 0.160 e. The van der Waals surface area contributed by atoms with E-state index >= 15 is 0 Å². The number of methoxy groups -OCH3 is 1. The Labute approximate surface area is 164 Å². The van der Waals surface area contributed by atoms with E-state index in [9.17, 15) is 5.11 Å². The van der Waals surface area contributed by atoms with Crippen LogP contribution in [-0.2, 0) is 13.1 Å². The summed E-state index contributed by atoms with van der Waals surface area (Å²) in [6, 6.07) is 11.7. The summed E-state index contributed by atoms with van der Waals surface area (Å²) in [5.74, 6) is 0.669. The number of nitrogens with zero attached hydrogens (tertiary/aromatic N) is 3. The van der Waals surface area contributed by atoms with Crippen LogP contribution < -0.4 is 10.1 Å². The fourth-order valence-corrected chi connectivity index (χ4v) is 3.53. The predicted molar refractivity (Wildman–Crippen MR) is 109 cm³/mol. The quantitative estimate of drug-likeness (QED) is 0.725. The van der Waals surface area contributed by atoms with Gasteiger partial charge in [0, 0.05) is 61.1 Å². The molecule has 0 atom stereocenters. The second-order valence-electron chi connectivity index (χ2n) is 7.06. The maximum Gasteiger partial charge on any atom is 0.160 e. The largest absolute Gasteiger partial charge is 0.504 e. The Balaban J connectivity index is 1.53. The third-order valence-electron chi connectivity index (χ3n) is 4.97. The minimum Gasteiger partial charge on any atom is -0.504 e. The maximum absolute atomic E-state index is 10.0. The molecule has 0 radical (unpaired) electrons. The highest BCUT2D eigenvalue weighted by Gasteiger charge is 2.16. The number of benzene rings is 1. The topological polar surface area (TPSA) is 70.5 Å². The van der Waals surface area contributed by atoms with Crippen LogP contribution in [0.3, 0.4) is 0 Å². The standard InChI is InChI=1S/C22H24N4O2/c1-15-9-17(5-6-23-15)19-11-20-18(12-25-19)14-26(8-7-24-20)13-16-3-4-22(28-2)21(27)10-16/h3-6,9-12,24,27H,7-8,13-14H2,1-2H3. The molecule has 144 valence electrons. The molecule has 0 spiro atoms. The molecular formula is C22H24N4O2. The first-order valence-corrected chi connectivity index (χ1v) is 9.36. The van der Waals surface area contributed by atoms with Gasteiger partial charge in [0.05, 0.1) is 12.8 Å². The number of anilines is 1. The highest BCUT2D eigenvalue weighted by atomic mass is 16.5. The number of fused-ring (bicyclic) bond motifs is 1. The summed E-state index contributed by atoms with van der Waals surface area (Å²) in [5, 5.41) is 13.6. The van der Waals surface area contributed by atoms with Gasteiger partial charge in [0.15, 0.2) is 11.5 Å². The van der Waals surface area contributed by atoms with Crippen molar-refractivity contribution >= 4 is 5.69 Å². The molecule has 6 heteroatoms. The summed E-state index contributed by atoms with van der Waals surface area (Å²) in [7, 11) is 1.56. The van der Waals surface area contributed by atoms with Crippen molar-refractivity contribution in [2.45, 2.75) is 20.0 Å². The molecule has 0 saturated heterocycles. The number of rotatable bonds is 4. The van der Waals surface area contributed by atoms with Gasteiger partial charge >= 0.3 is 0 Å². The lowest BCUT2D eigenvalue weighted by atomic mass is 10.1. The van der Waals surface area contributed by atoms with E-state index in [4.69, 9.17) is 4.74 Å². The Morgan fingerprint density at radius 3 is 2.86 bits per heavy atom. The van der Waals surface area contributed by atoms with Crippen molar-refractivity contribution < 1.29 is 9.84 Å². The number of aryl methyl sites for hydroxylation is 1. The lowest BCUT2D eigenvalue weighted by molar-refractivity contribution is 0.271. The lowest BCUT2D eigenvalue weighted by Gasteiger charge is -2.20. The summed E-state index contributed by atoms with van der Waals surface area (Å²) >= 11 is 0. The molecule has 3 aromatic rings. The first kappa shape index (κ1) is 18.3. The summed E-state index contributed by atoms with van der Waals surface area (Å²) in [6.07, 6.45) is 3.77. The van der Waals surface area contributed by atoms with E-state index < -0.39 is 0 Å². The van der Waals surface area contributed by atoms with Crippen LogP contribution in [0.25, 0.3) is 11.3 Å². The van der Waals surface area contributed by atoms with Gasteiger partial charge in [0.2, 0.25) is 0 Å². The Morgan fingerprint density at radius 2 is 2.07 bits per heavy atom. The number of aromatic nitrogens is 2. The average molecular weight is 376 g/mol. The van der Waals surface area contributed by atoms with E-state index in [-0.39, 0.29) is 5.75 Å². The number of phenolic OH excluding ortho intramolecular Hbond substituents is 1. The SMILES string of the molecule is COc1ccc(CN2CCNc3cc(-c4ccnc(C)c4)ncc3C2)cc1O. The summed E-state index contributed by atoms with van der Waals surface area (Å²) in [5.41, 5.74) is 6.36. The van der Waals surface area contributed by atoms with Crippen LogP contribution in [0.5, 0.6) is 11.5 Å². The minimum atomic E-state index is 0.173. The monoisotopic (exact) mass is 376 g/mol. The van der Waals surface area contributed by atoms with Gasteiger partial charge in [-0.3, -0.25) is 14.9 Å². The summed E-state index contributed by atoms with van der Waals surface area (Å²) in [6.45, 7) is 5.31. The molecule has 0 aliphatic carbocycles. The van der Waals surface area contributed by atoms with Gasteiger partial charge in [0.1, 0.15) is 0 Å². The molecule has 0 amide bonds. The van der Waals surface area contributed by atoms with E-state index in [1.54, 1.807) is 19.2 Å². The highest BCUT2D eigenvalue weighted by Crippen LogP contribution is 2.29. The van der Waals surface area contributed by atoms with Crippen molar-refractivity contribution in [1.29, 1.82) is 0 Å². The van der Waals surface area contributed by atoms with Crippen molar-refractivity contribution in [2.75, 3.05) is 25.5 Å². The molecule has 3 heterocycles. The van der Waals surface area contributed by atoms with Crippen LogP contribution in [0.2, 0.25) is 0 Å². The van der Waals surface area contributed by atoms with E-state index in [1.807, 2.05) is 37.5 Å². The number of phenols is 1. The number of nitrogens with one attached hydrogen (secondary N) is 1. The fourth-order valence-electron chi connectivity index (χ4n) is 3.53. The van der Waals surface area contributed by atoms with Crippen LogP contribution >= 0.6 is 0 Å². The van der Waals surface area contributed by atoms with Crippen LogP contribution in [0.15, 0.2) is 48.8 Å². The number of hydrogen-bond donors (Lipinski definition) is 2. The van der Waals surface area contributed by atoms with E-state index in [1.165, 1.54) is 5.56 Å². The Kier molecular flexibility index (Phi) is 5.12. The molecular weight excluding hydrogens is 352 g/mol. The molecule has 1 aliphatic heterocycles. The fraction of sp³-hybridized carbons (Fsp3) is 0.273. The lowest BCUT2D eigenvalue weighted by Crippen LogP contribution is -2.25. The molecule has 0 fully saturated rings. The van der Waals surface area contributed by atoms with Crippen LogP contribution in [0.1, 0.15) is 16.8 Å². The molecule has 2 N–H and O–H groups in total. The maximum atomic E-state index is 10.0.